The molecule has 1 amide bonds. The highest BCUT2D eigenvalue weighted by Crippen LogP contribution is 2.24. The first-order valence-corrected chi connectivity index (χ1v) is 6.33. The second kappa shape index (κ2) is 7.01. The highest BCUT2D eigenvalue weighted by Gasteiger charge is 2.13. The van der Waals surface area contributed by atoms with Crippen LogP contribution in [0.2, 0.25) is 0 Å². The number of benzene rings is 1. The fraction of sp³-hybridized carbons (Fsp3) is 0.500. The molecule has 1 rings (SSSR count). The van der Waals surface area contributed by atoms with Gasteiger partial charge in [-0.1, -0.05) is 13.8 Å². The maximum atomic E-state index is 11.4. The van der Waals surface area contributed by atoms with Crippen molar-refractivity contribution < 1.29 is 9.53 Å². The lowest BCUT2D eigenvalue weighted by Gasteiger charge is -2.16. The standard InChI is InChI=1S/C14H22N2O2/c1-4-10-11(5-2)13(16-8-9-18-3)7-6-12(10)14(15)17/h6-7,16H,4-5,8-9H2,1-3H3,(H2,15,17). The third-order valence-corrected chi connectivity index (χ3v) is 3.03. The molecule has 100 valence electrons. The number of rotatable bonds is 7. The summed E-state index contributed by atoms with van der Waals surface area (Å²) in [5.41, 5.74) is 9.32. The van der Waals surface area contributed by atoms with Crippen molar-refractivity contribution in [3.05, 3.63) is 28.8 Å². The fourth-order valence-corrected chi connectivity index (χ4v) is 2.18. The first-order chi connectivity index (χ1) is 8.65. The average molecular weight is 250 g/mol. The lowest BCUT2D eigenvalue weighted by atomic mass is 9.95. The molecule has 0 heterocycles. The number of carbonyl (C=O) groups excluding carboxylic acids is 1. The van der Waals surface area contributed by atoms with Crippen LogP contribution in [0, 0.1) is 0 Å². The summed E-state index contributed by atoms with van der Waals surface area (Å²) in [6, 6.07) is 3.73. The van der Waals surface area contributed by atoms with Gasteiger partial charge in [-0.25, -0.2) is 0 Å². The topological polar surface area (TPSA) is 64.3 Å². The molecule has 18 heavy (non-hydrogen) atoms. The van der Waals surface area contributed by atoms with E-state index in [1.807, 2.05) is 13.0 Å². The monoisotopic (exact) mass is 250 g/mol. The number of nitrogens with two attached hydrogens (primary N) is 1. The molecule has 0 radical (unpaired) electrons. The Kier molecular flexibility index (Phi) is 5.65. The van der Waals surface area contributed by atoms with Gasteiger partial charge in [0.25, 0.3) is 0 Å². The maximum Gasteiger partial charge on any atom is 0.248 e. The molecule has 0 saturated carbocycles. The van der Waals surface area contributed by atoms with Gasteiger partial charge < -0.3 is 15.8 Å². The molecular weight excluding hydrogens is 228 g/mol. The zero-order valence-electron chi connectivity index (χ0n) is 11.4. The van der Waals surface area contributed by atoms with E-state index in [2.05, 4.69) is 12.2 Å². The molecule has 0 bridgehead atoms. The van der Waals surface area contributed by atoms with Crippen molar-refractivity contribution in [2.24, 2.45) is 5.73 Å². The Bertz CT molecular complexity index is 417. The van der Waals surface area contributed by atoms with E-state index >= 15 is 0 Å². The largest absolute Gasteiger partial charge is 0.383 e. The Morgan fingerprint density at radius 3 is 2.44 bits per heavy atom. The number of methoxy groups -OCH3 is 1. The third kappa shape index (κ3) is 3.23. The first kappa shape index (κ1) is 14.5. The predicted octanol–water partition coefficient (Wildman–Crippen LogP) is 1.97. The molecule has 4 heteroatoms. The van der Waals surface area contributed by atoms with Crippen molar-refractivity contribution in [2.75, 3.05) is 25.6 Å². The predicted molar refractivity (Wildman–Crippen MR) is 74.1 cm³/mol. The average Bonchev–Trinajstić information content (AvgIpc) is 2.37. The normalized spacial score (nSPS) is 10.4. The van der Waals surface area contributed by atoms with E-state index in [-0.39, 0.29) is 5.91 Å². The molecule has 0 spiro atoms. The van der Waals surface area contributed by atoms with Crippen molar-refractivity contribution in [2.45, 2.75) is 26.7 Å². The Hall–Kier alpha value is -1.55. The smallest absolute Gasteiger partial charge is 0.248 e. The van der Waals surface area contributed by atoms with E-state index < -0.39 is 0 Å². The van der Waals surface area contributed by atoms with Gasteiger partial charge in [0.05, 0.1) is 6.61 Å². The summed E-state index contributed by atoms with van der Waals surface area (Å²) in [7, 11) is 1.68. The summed E-state index contributed by atoms with van der Waals surface area (Å²) in [6.07, 6.45) is 1.68. The second-order valence-corrected chi connectivity index (χ2v) is 4.11. The van der Waals surface area contributed by atoms with Crippen molar-refractivity contribution in [1.29, 1.82) is 0 Å². The number of primary amides is 1. The molecular formula is C14H22N2O2. The van der Waals surface area contributed by atoms with Gasteiger partial charge in [0, 0.05) is 24.9 Å². The van der Waals surface area contributed by atoms with Gasteiger partial charge in [-0.15, -0.1) is 0 Å². The van der Waals surface area contributed by atoms with Crippen molar-refractivity contribution in [1.82, 2.24) is 0 Å². The molecule has 3 N–H and O–H groups in total. The molecule has 0 aliphatic rings. The number of carbonyl (C=O) groups is 1. The molecule has 1 aromatic rings. The van der Waals surface area contributed by atoms with Crippen LogP contribution >= 0.6 is 0 Å². The van der Waals surface area contributed by atoms with Gasteiger partial charge in [-0.3, -0.25) is 4.79 Å². The van der Waals surface area contributed by atoms with Gasteiger partial charge in [0.2, 0.25) is 5.91 Å². The maximum absolute atomic E-state index is 11.4. The minimum absolute atomic E-state index is 0.356. The van der Waals surface area contributed by atoms with E-state index in [1.165, 1.54) is 5.56 Å². The van der Waals surface area contributed by atoms with E-state index in [0.29, 0.717) is 12.2 Å². The molecule has 0 saturated heterocycles. The number of hydrogen-bond acceptors (Lipinski definition) is 3. The van der Waals surface area contributed by atoms with Crippen LogP contribution in [0.25, 0.3) is 0 Å². The summed E-state index contributed by atoms with van der Waals surface area (Å²) < 4.78 is 5.02. The van der Waals surface area contributed by atoms with E-state index in [0.717, 1.165) is 30.6 Å². The molecule has 0 fully saturated rings. The van der Waals surface area contributed by atoms with Crippen molar-refractivity contribution in [3.8, 4) is 0 Å². The quantitative estimate of drug-likeness (QED) is 0.727. The van der Waals surface area contributed by atoms with Gasteiger partial charge in [-0.2, -0.15) is 0 Å². The molecule has 0 unspecified atom stereocenters. The summed E-state index contributed by atoms with van der Waals surface area (Å²) in [5.74, 6) is -0.356. The van der Waals surface area contributed by atoms with Crippen LogP contribution in [0.3, 0.4) is 0 Å². The molecule has 0 aliphatic carbocycles. The minimum atomic E-state index is -0.356. The Morgan fingerprint density at radius 2 is 1.94 bits per heavy atom. The Morgan fingerprint density at radius 1 is 1.28 bits per heavy atom. The third-order valence-electron chi connectivity index (χ3n) is 3.03. The zero-order chi connectivity index (χ0) is 13.5. The molecule has 0 atom stereocenters. The SMILES string of the molecule is CCc1c(NCCOC)ccc(C(N)=O)c1CC. The minimum Gasteiger partial charge on any atom is -0.383 e. The van der Waals surface area contributed by atoms with E-state index in [9.17, 15) is 4.79 Å². The van der Waals surface area contributed by atoms with Gasteiger partial charge in [0.1, 0.15) is 0 Å². The first-order valence-electron chi connectivity index (χ1n) is 6.33. The van der Waals surface area contributed by atoms with E-state index in [4.69, 9.17) is 10.5 Å². The van der Waals surface area contributed by atoms with Gasteiger partial charge in [-0.05, 0) is 36.1 Å². The molecule has 0 aromatic heterocycles. The second-order valence-electron chi connectivity index (χ2n) is 4.11. The highest BCUT2D eigenvalue weighted by molar-refractivity contribution is 5.95. The van der Waals surface area contributed by atoms with Crippen LogP contribution in [0.1, 0.15) is 35.3 Å². The van der Waals surface area contributed by atoms with Crippen LogP contribution in [0.15, 0.2) is 12.1 Å². The number of ether oxygens (including phenoxy) is 1. The number of nitrogens with one attached hydrogen (secondary N) is 1. The highest BCUT2D eigenvalue weighted by atomic mass is 16.5. The van der Waals surface area contributed by atoms with Gasteiger partial charge >= 0.3 is 0 Å². The van der Waals surface area contributed by atoms with Gasteiger partial charge in [0.15, 0.2) is 0 Å². The summed E-state index contributed by atoms with van der Waals surface area (Å²) >= 11 is 0. The van der Waals surface area contributed by atoms with Crippen LogP contribution in [-0.4, -0.2) is 26.2 Å². The van der Waals surface area contributed by atoms with E-state index in [1.54, 1.807) is 13.2 Å². The van der Waals surface area contributed by atoms with Crippen molar-refractivity contribution in [3.63, 3.8) is 0 Å². The number of anilines is 1. The lowest BCUT2D eigenvalue weighted by Crippen LogP contribution is -2.17. The van der Waals surface area contributed by atoms with Crippen molar-refractivity contribution >= 4 is 11.6 Å². The Labute approximate surface area is 109 Å². The Balaban J connectivity index is 3.09. The molecule has 1 aromatic carbocycles. The summed E-state index contributed by atoms with van der Waals surface area (Å²) in [6.45, 7) is 5.53. The molecule has 4 nitrogen and oxygen atoms in total. The number of hydrogen-bond donors (Lipinski definition) is 2. The van der Waals surface area contributed by atoms with Crippen LogP contribution in [-0.2, 0) is 17.6 Å². The molecule has 0 aliphatic heterocycles. The summed E-state index contributed by atoms with van der Waals surface area (Å²) in [4.78, 5) is 11.4. The van der Waals surface area contributed by atoms with Crippen LogP contribution in [0.5, 0.6) is 0 Å². The number of amides is 1. The zero-order valence-corrected chi connectivity index (χ0v) is 11.4. The summed E-state index contributed by atoms with van der Waals surface area (Å²) in [5, 5.41) is 3.33. The van der Waals surface area contributed by atoms with Crippen LogP contribution in [0.4, 0.5) is 5.69 Å². The lowest BCUT2D eigenvalue weighted by molar-refractivity contribution is 0.0999. The fourth-order valence-electron chi connectivity index (χ4n) is 2.18. The van der Waals surface area contributed by atoms with Crippen LogP contribution < -0.4 is 11.1 Å².